The Labute approximate surface area is 469 Å². The van der Waals surface area contributed by atoms with E-state index >= 15 is 9.59 Å². The van der Waals surface area contributed by atoms with Crippen LogP contribution in [0, 0.1) is 29.6 Å². The van der Waals surface area contributed by atoms with Gasteiger partial charge in [-0.25, -0.2) is 0 Å². The number of thioether (sulfide) groups is 1. The highest BCUT2D eigenvalue weighted by Crippen LogP contribution is 2.50. The average molecular weight is 1110 g/mol. The fourth-order valence-electron chi connectivity index (χ4n) is 13.3. The van der Waals surface area contributed by atoms with Gasteiger partial charge in [-0.05, 0) is 124 Å². The summed E-state index contributed by atoms with van der Waals surface area (Å²) in [5.74, 6) is -2.88. The molecule has 78 heavy (non-hydrogen) atoms. The summed E-state index contributed by atoms with van der Waals surface area (Å²) in [6.45, 7) is 19.9. The average Bonchev–Trinajstić information content (AvgIpc) is 4.24. The Balaban J connectivity index is 1.24. The third-order valence-electron chi connectivity index (χ3n) is 18.1. The van der Waals surface area contributed by atoms with Crippen molar-refractivity contribution in [3.63, 3.8) is 0 Å². The number of cyclic esters (lactones) is 1. The van der Waals surface area contributed by atoms with Gasteiger partial charge in [0, 0.05) is 99.8 Å². The van der Waals surface area contributed by atoms with E-state index in [1.165, 1.54) is 11.8 Å². The van der Waals surface area contributed by atoms with Crippen LogP contribution in [-0.2, 0) is 58.8 Å². The summed E-state index contributed by atoms with van der Waals surface area (Å²) >= 11 is 1.46. The largest absolute Gasteiger partial charge is 0.493 e. The smallest absolute Gasteiger partial charge is 0.320 e. The highest BCUT2D eigenvalue weighted by Gasteiger charge is 2.62. The number of ketones is 1. The number of benzene rings is 1. The van der Waals surface area contributed by atoms with E-state index in [0.29, 0.717) is 43.2 Å². The minimum absolute atomic E-state index is 0.0762. The predicted molar refractivity (Wildman–Crippen MR) is 298 cm³/mol. The zero-order valence-electron chi connectivity index (χ0n) is 49.3. The maximum Gasteiger partial charge on any atom is 0.320 e. The first-order valence-corrected chi connectivity index (χ1v) is 29.7. The molecule has 1 N–H and O–H groups in total. The van der Waals surface area contributed by atoms with Gasteiger partial charge in [0.2, 0.25) is 0 Å². The number of fused-ring (bicyclic) bond motifs is 1. The monoisotopic (exact) mass is 1110 g/mol. The molecule has 5 heterocycles. The van der Waals surface area contributed by atoms with Crippen LogP contribution in [0.5, 0.6) is 11.5 Å². The molecule has 0 spiro atoms. The van der Waals surface area contributed by atoms with Crippen LogP contribution in [0.2, 0.25) is 0 Å². The van der Waals surface area contributed by atoms with Gasteiger partial charge in [-0.1, -0.05) is 33.8 Å². The molecule has 1 saturated carbocycles. The van der Waals surface area contributed by atoms with Crippen LogP contribution in [0.4, 0.5) is 5.69 Å². The van der Waals surface area contributed by atoms with Gasteiger partial charge in [-0.2, -0.15) is 0 Å². The number of carbonyl (C=O) groups excluding carboxylic acids is 3. The number of hydrogen-bond acceptors (Lipinski definition) is 18. The number of hydrogen-bond donors (Lipinski definition) is 1. The molecular formula is C60H93N3O14S. The standard InChI is InChI=1S/C60H93N3O14S/c1-16-47-60(10)50(53(57(67)77-60)78-27-26-63(34-41-20-19-25-61-33-41)42-23-24-45(68-13)46(29-42)73-44-21-17-18-22-44)37(4)51(64)35(2)31-59(9,70-15)55(76-48-30-43(62(11)12)28-36(3)71-48)38(5)52(39(6)56(66)74-47)75-49-32-58(8,69-14)54(65)40(7)72-49/h19-20,23-25,29,33,35-40,43-44,47-50,52-55,65H,16-18,21-22,26-28,30-32,34H2,1-15H3/t35-,36-,37-,38+,39-,40+,43+,47-,48?,49+,50+,52+,53+,54+,55-,58-,59-,60-/m1/s1. The van der Waals surface area contributed by atoms with E-state index in [0.717, 1.165) is 43.4 Å². The topological polar surface area (TPSA) is 183 Å². The number of carbonyl (C=O) groups is 3. The molecule has 17 nitrogen and oxygen atoms in total. The summed E-state index contributed by atoms with van der Waals surface area (Å²) in [7, 11) is 8.92. The summed E-state index contributed by atoms with van der Waals surface area (Å²) < 4.78 is 65.1. The zero-order chi connectivity index (χ0) is 56.9. The van der Waals surface area contributed by atoms with E-state index in [4.69, 9.17) is 47.4 Å². The lowest BCUT2D eigenvalue weighted by Gasteiger charge is -2.49. The van der Waals surface area contributed by atoms with Crippen molar-refractivity contribution in [1.82, 2.24) is 9.88 Å². The van der Waals surface area contributed by atoms with Crippen molar-refractivity contribution in [3.8, 4) is 11.5 Å². The first-order valence-electron chi connectivity index (χ1n) is 28.6. The first kappa shape index (κ1) is 62.0. The molecule has 0 radical (unpaired) electrons. The summed E-state index contributed by atoms with van der Waals surface area (Å²) in [5, 5.41) is 10.4. The minimum atomic E-state index is -1.40. The van der Waals surface area contributed by atoms with Crippen molar-refractivity contribution in [1.29, 1.82) is 0 Å². The van der Waals surface area contributed by atoms with E-state index in [-0.39, 0.29) is 36.9 Å². The third-order valence-corrected chi connectivity index (χ3v) is 19.3. The second kappa shape index (κ2) is 26.5. The van der Waals surface area contributed by atoms with Crippen molar-refractivity contribution < 1.29 is 66.9 Å². The Bertz CT molecular complexity index is 2290. The van der Waals surface area contributed by atoms with Gasteiger partial charge in [-0.3, -0.25) is 19.4 Å². The molecule has 4 saturated heterocycles. The molecule has 18 atom stereocenters. The number of aromatic nitrogens is 1. The fourth-order valence-corrected chi connectivity index (χ4v) is 14.8. The summed E-state index contributed by atoms with van der Waals surface area (Å²) in [4.78, 5) is 54.1. The molecular weight excluding hydrogens is 1020 g/mol. The molecule has 5 fully saturated rings. The Morgan fingerprint density at radius 2 is 1.56 bits per heavy atom. The molecule has 1 aromatic heterocycles. The van der Waals surface area contributed by atoms with Crippen molar-refractivity contribution >= 4 is 35.2 Å². The molecule has 0 bridgehead atoms. The zero-order valence-corrected chi connectivity index (χ0v) is 50.1. The normalized spacial score (nSPS) is 38.3. The SMILES string of the molecule is CC[C@H]1OC(=O)[C@H](C)[C@@H](O[C@H]2C[C@@](C)(OC)[C@@H](O)[C@H](C)O2)[C@H](C)[C@@H](OC2C[C@@H](N(C)C)C[C@@H](C)O2)[C@](C)(OC)C[C@@H](C)C(=O)[C@H](C)[C@H]2[C@H](SCCN(Cc3cccnc3)c3ccc(OC)c(OC4CCCC4)c3)C(=O)O[C@@]21C. The number of nitrogens with zero attached hydrogens (tertiary/aromatic N) is 3. The van der Waals surface area contributed by atoms with E-state index in [2.05, 4.69) is 28.9 Å². The minimum Gasteiger partial charge on any atom is -0.493 e. The van der Waals surface area contributed by atoms with Crippen LogP contribution in [0.15, 0.2) is 42.7 Å². The number of rotatable bonds is 18. The van der Waals surface area contributed by atoms with Crippen LogP contribution in [0.3, 0.4) is 0 Å². The van der Waals surface area contributed by atoms with Crippen molar-refractivity contribution in [2.24, 2.45) is 29.6 Å². The molecule has 1 aliphatic carbocycles. The lowest BCUT2D eigenvalue weighted by atomic mass is 9.70. The second-order valence-electron chi connectivity index (χ2n) is 23.9. The molecule has 438 valence electrons. The Morgan fingerprint density at radius 1 is 0.846 bits per heavy atom. The van der Waals surface area contributed by atoms with Crippen LogP contribution in [0.1, 0.15) is 133 Å². The molecule has 18 heteroatoms. The lowest BCUT2D eigenvalue weighted by Crippen LogP contribution is -2.59. The number of esters is 2. The van der Waals surface area contributed by atoms with Crippen molar-refractivity contribution in [2.45, 2.75) is 217 Å². The number of pyridine rings is 1. The van der Waals surface area contributed by atoms with Gasteiger partial charge in [-0.15, -0.1) is 11.8 Å². The molecule has 5 aliphatic rings. The van der Waals surface area contributed by atoms with Gasteiger partial charge in [0.05, 0.1) is 54.7 Å². The van der Waals surface area contributed by atoms with E-state index < -0.39 is 107 Å². The van der Waals surface area contributed by atoms with Gasteiger partial charge in [0.15, 0.2) is 29.7 Å². The van der Waals surface area contributed by atoms with Gasteiger partial charge >= 0.3 is 11.9 Å². The highest BCUT2D eigenvalue weighted by molar-refractivity contribution is 8.00. The second-order valence-corrected chi connectivity index (χ2v) is 25.2. The van der Waals surface area contributed by atoms with Crippen LogP contribution in [-0.4, -0.2) is 164 Å². The van der Waals surface area contributed by atoms with E-state index in [1.807, 2.05) is 91.9 Å². The van der Waals surface area contributed by atoms with Crippen molar-refractivity contribution in [2.75, 3.05) is 52.6 Å². The molecule has 7 rings (SSSR count). The summed E-state index contributed by atoms with van der Waals surface area (Å²) in [6.07, 6.45) is 4.07. The summed E-state index contributed by atoms with van der Waals surface area (Å²) in [6, 6.07) is 10.1. The molecule has 4 aliphatic heterocycles. The Morgan fingerprint density at radius 3 is 2.21 bits per heavy atom. The Kier molecular flexibility index (Phi) is 21.1. The van der Waals surface area contributed by atoms with E-state index in [9.17, 15) is 9.90 Å². The van der Waals surface area contributed by atoms with Crippen molar-refractivity contribution in [3.05, 3.63) is 48.3 Å². The molecule has 1 unspecified atom stereocenters. The number of aliphatic hydroxyl groups excluding tert-OH is 1. The van der Waals surface area contributed by atoms with Gasteiger partial charge in [0.25, 0.3) is 0 Å². The Hall–Kier alpha value is -3.59. The number of aliphatic hydroxyl groups is 1. The quantitative estimate of drug-likeness (QED) is 0.140. The lowest BCUT2D eigenvalue weighted by molar-refractivity contribution is -0.309. The number of Topliss-reactive ketones (excluding diaryl/α,β-unsaturated/α-hetero) is 1. The van der Waals surface area contributed by atoms with Gasteiger partial charge in [0.1, 0.15) is 23.2 Å². The summed E-state index contributed by atoms with van der Waals surface area (Å²) in [5.41, 5.74) is -1.65. The maximum absolute atomic E-state index is 15.4. The predicted octanol–water partition coefficient (Wildman–Crippen LogP) is 8.82. The first-order chi connectivity index (χ1) is 37.0. The van der Waals surface area contributed by atoms with E-state index in [1.54, 1.807) is 41.4 Å². The highest BCUT2D eigenvalue weighted by atomic mass is 32.2. The third kappa shape index (κ3) is 13.8. The van der Waals surface area contributed by atoms with Crippen LogP contribution >= 0.6 is 11.8 Å². The molecule has 0 amide bonds. The molecule has 1 aromatic carbocycles. The van der Waals surface area contributed by atoms with Crippen LogP contribution < -0.4 is 14.4 Å². The fraction of sp³-hybridized carbons (Fsp3) is 0.767. The number of methoxy groups -OCH3 is 3. The number of ether oxygens (including phenoxy) is 10. The van der Waals surface area contributed by atoms with Crippen LogP contribution in [0.25, 0.3) is 0 Å². The van der Waals surface area contributed by atoms with Gasteiger partial charge < -0.3 is 62.3 Å². The molecule has 2 aromatic rings. The number of anilines is 1. The maximum atomic E-state index is 15.4.